The van der Waals surface area contributed by atoms with Gasteiger partial charge in [0.25, 0.3) is 0 Å². The van der Waals surface area contributed by atoms with E-state index < -0.39 is 23.9 Å². The number of cyclic esters (lactones) is 1. The van der Waals surface area contributed by atoms with Crippen molar-refractivity contribution in [1.82, 2.24) is 5.32 Å². The summed E-state index contributed by atoms with van der Waals surface area (Å²) in [5, 5.41) is 2.29. The molecule has 2 rings (SSSR count). The average Bonchev–Trinajstić information content (AvgIpc) is 2.79. The first-order valence-electron chi connectivity index (χ1n) is 12.3. The summed E-state index contributed by atoms with van der Waals surface area (Å²) in [7, 11) is 1.47. The molecule has 0 aliphatic carbocycles. The van der Waals surface area contributed by atoms with Crippen LogP contribution in [0.15, 0.2) is 35.6 Å². The topological polar surface area (TPSA) is 116 Å². The highest BCUT2D eigenvalue weighted by atomic mass is 16.5. The Morgan fingerprint density at radius 1 is 1.17 bits per heavy atom. The van der Waals surface area contributed by atoms with Gasteiger partial charge in [-0.15, -0.1) is 0 Å². The summed E-state index contributed by atoms with van der Waals surface area (Å²) in [4.78, 5) is 61.4. The number of rotatable bonds is 7. The maximum atomic E-state index is 13.0. The molecule has 1 saturated heterocycles. The predicted molar refractivity (Wildman–Crippen MR) is 130 cm³/mol. The lowest BCUT2D eigenvalue weighted by atomic mass is 9.87. The van der Waals surface area contributed by atoms with Crippen LogP contribution in [-0.4, -0.2) is 42.6 Å². The number of nitrogens with one attached hydrogen (secondary N) is 1. The lowest BCUT2D eigenvalue weighted by molar-refractivity contribution is -0.145. The Balaban J connectivity index is 2.13. The van der Waals surface area contributed by atoms with Gasteiger partial charge in [0.05, 0.1) is 13.0 Å². The minimum Gasteiger partial charge on any atom is -0.493 e. The molecule has 35 heavy (non-hydrogen) atoms. The summed E-state index contributed by atoms with van der Waals surface area (Å²) in [6.07, 6.45) is 9.77. The molecule has 0 unspecified atom stereocenters. The number of imide groups is 1. The van der Waals surface area contributed by atoms with Gasteiger partial charge >= 0.3 is 5.97 Å². The Labute approximate surface area is 207 Å². The van der Waals surface area contributed by atoms with E-state index in [4.69, 9.17) is 9.47 Å². The summed E-state index contributed by atoms with van der Waals surface area (Å²) in [5.41, 5.74) is 0.621. The van der Waals surface area contributed by atoms with E-state index in [1.165, 1.54) is 13.2 Å². The molecule has 0 aromatic carbocycles. The Morgan fingerprint density at radius 3 is 2.51 bits per heavy atom. The molecule has 2 aliphatic heterocycles. The van der Waals surface area contributed by atoms with Crippen molar-refractivity contribution in [3.05, 3.63) is 35.6 Å². The van der Waals surface area contributed by atoms with Crippen LogP contribution < -0.4 is 5.32 Å². The van der Waals surface area contributed by atoms with Crippen molar-refractivity contribution in [1.29, 1.82) is 0 Å². The number of ether oxygens (including phenoxy) is 2. The van der Waals surface area contributed by atoms with Crippen LogP contribution >= 0.6 is 0 Å². The number of ketones is 2. The largest absolute Gasteiger partial charge is 0.493 e. The third kappa shape index (κ3) is 8.92. The van der Waals surface area contributed by atoms with Crippen LogP contribution in [0.3, 0.4) is 0 Å². The number of piperidine rings is 1. The van der Waals surface area contributed by atoms with Gasteiger partial charge in [-0.25, -0.2) is 4.79 Å². The van der Waals surface area contributed by atoms with Crippen LogP contribution in [0.2, 0.25) is 0 Å². The van der Waals surface area contributed by atoms with Gasteiger partial charge in [0.1, 0.15) is 11.9 Å². The van der Waals surface area contributed by atoms with E-state index >= 15 is 0 Å². The SMILES string of the molecule is COC1=CCCCC=CC(=O)O[C@H]([C@H](C)C(=O)CCCC2CC(=O)NC(=O)C2)C(C)=C[C@@H](C)C1=O. The molecule has 0 spiro atoms. The number of carbonyl (C=O) groups is 5. The Hall–Kier alpha value is -3.03. The number of Topliss-reactive ketones (excluding diaryl/α,β-unsaturated/α-hetero) is 2. The third-order valence-corrected chi connectivity index (χ3v) is 6.46. The van der Waals surface area contributed by atoms with Gasteiger partial charge in [-0.3, -0.25) is 24.5 Å². The molecule has 0 bridgehead atoms. The van der Waals surface area contributed by atoms with Gasteiger partial charge < -0.3 is 9.47 Å². The van der Waals surface area contributed by atoms with Gasteiger partial charge in [0.15, 0.2) is 5.76 Å². The molecule has 1 N–H and O–H groups in total. The number of allylic oxidation sites excluding steroid dienone is 4. The maximum absolute atomic E-state index is 13.0. The maximum Gasteiger partial charge on any atom is 0.331 e. The van der Waals surface area contributed by atoms with Gasteiger partial charge in [0.2, 0.25) is 17.6 Å². The zero-order valence-electron chi connectivity index (χ0n) is 21.1. The summed E-state index contributed by atoms with van der Waals surface area (Å²) in [6, 6.07) is 0. The molecule has 0 aromatic rings. The van der Waals surface area contributed by atoms with Crippen LogP contribution in [0.5, 0.6) is 0 Å². The van der Waals surface area contributed by atoms with Crippen molar-refractivity contribution in [2.75, 3.05) is 7.11 Å². The normalized spacial score (nSPS) is 24.0. The molecular weight excluding hydrogens is 450 g/mol. The summed E-state index contributed by atoms with van der Waals surface area (Å²) in [5.74, 6) is -2.23. The molecule has 2 aliphatic rings. The lowest BCUT2D eigenvalue weighted by Gasteiger charge is -2.25. The number of methoxy groups -OCH3 is 1. The highest BCUT2D eigenvalue weighted by molar-refractivity contribution is 5.98. The molecule has 8 nitrogen and oxygen atoms in total. The number of hydrogen-bond donors (Lipinski definition) is 1. The summed E-state index contributed by atoms with van der Waals surface area (Å²) >= 11 is 0. The number of amides is 2. The standard InChI is InChI=1S/C27H37NO7/c1-17-14-18(2)27(35-25(32)13-8-6-5-7-12-22(34-4)26(17)33)19(3)21(29)11-9-10-20-15-23(30)28-24(31)16-20/h8,12-14,17,19-20,27H,5-7,9-11,15-16H2,1-4H3,(H,28,30,31)/t17-,19-,27+/m1/s1. The first kappa shape index (κ1) is 28.2. The van der Waals surface area contributed by atoms with Crippen molar-refractivity contribution in [3.8, 4) is 0 Å². The predicted octanol–water partition coefficient (Wildman–Crippen LogP) is 3.75. The zero-order chi connectivity index (χ0) is 26.0. The third-order valence-electron chi connectivity index (χ3n) is 6.46. The summed E-state index contributed by atoms with van der Waals surface area (Å²) in [6.45, 7) is 5.22. The van der Waals surface area contributed by atoms with Crippen molar-refractivity contribution in [2.24, 2.45) is 17.8 Å². The Morgan fingerprint density at radius 2 is 1.86 bits per heavy atom. The molecule has 2 heterocycles. The van der Waals surface area contributed by atoms with E-state index in [0.717, 1.165) is 6.42 Å². The number of hydrogen-bond acceptors (Lipinski definition) is 7. The van der Waals surface area contributed by atoms with Gasteiger partial charge in [0, 0.05) is 31.3 Å². The first-order valence-corrected chi connectivity index (χ1v) is 12.3. The molecule has 2 amide bonds. The molecule has 1 fully saturated rings. The van der Waals surface area contributed by atoms with E-state index in [-0.39, 0.29) is 48.6 Å². The van der Waals surface area contributed by atoms with Gasteiger partial charge in [-0.2, -0.15) is 0 Å². The van der Waals surface area contributed by atoms with Crippen LogP contribution in [0, 0.1) is 17.8 Å². The lowest BCUT2D eigenvalue weighted by Crippen LogP contribution is -2.38. The fourth-order valence-electron chi connectivity index (χ4n) is 4.50. The first-order chi connectivity index (χ1) is 16.6. The van der Waals surface area contributed by atoms with E-state index in [0.29, 0.717) is 37.0 Å². The molecule has 0 saturated carbocycles. The average molecular weight is 488 g/mol. The van der Waals surface area contributed by atoms with E-state index in [1.807, 2.05) is 0 Å². The van der Waals surface area contributed by atoms with Crippen molar-refractivity contribution >= 4 is 29.4 Å². The molecule has 192 valence electrons. The van der Waals surface area contributed by atoms with Crippen molar-refractivity contribution in [3.63, 3.8) is 0 Å². The number of esters is 1. The van der Waals surface area contributed by atoms with E-state index in [1.54, 1.807) is 39.0 Å². The minimum absolute atomic E-state index is 0.0618. The van der Waals surface area contributed by atoms with Gasteiger partial charge in [-0.1, -0.05) is 26.0 Å². The van der Waals surface area contributed by atoms with Crippen molar-refractivity contribution < 1.29 is 33.4 Å². The Bertz CT molecular complexity index is 898. The van der Waals surface area contributed by atoms with E-state index in [2.05, 4.69) is 5.32 Å². The van der Waals surface area contributed by atoms with Crippen LogP contribution in [0.1, 0.15) is 72.1 Å². The second-order valence-electron chi connectivity index (χ2n) is 9.42. The summed E-state index contributed by atoms with van der Waals surface area (Å²) < 4.78 is 11.0. The fraction of sp³-hybridized carbons (Fsp3) is 0.593. The zero-order valence-corrected chi connectivity index (χ0v) is 21.1. The van der Waals surface area contributed by atoms with Crippen LogP contribution in [0.25, 0.3) is 0 Å². The minimum atomic E-state index is -0.810. The number of carbonyl (C=O) groups excluding carboxylic acids is 5. The highest BCUT2D eigenvalue weighted by Crippen LogP contribution is 2.25. The van der Waals surface area contributed by atoms with E-state index in [9.17, 15) is 24.0 Å². The fourth-order valence-corrected chi connectivity index (χ4v) is 4.50. The molecule has 8 heteroatoms. The molecular formula is C27H37NO7. The second kappa shape index (κ2) is 13.8. The molecule has 3 atom stereocenters. The highest BCUT2D eigenvalue weighted by Gasteiger charge is 2.30. The van der Waals surface area contributed by atoms with Crippen LogP contribution in [0.4, 0.5) is 0 Å². The molecule has 0 radical (unpaired) electrons. The Kier molecular flexibility index (Phi) is 11.1. The monoisotopic (exact) mass is 487 g/mol. The molecule has 0 aromatic heterocycles. The second-order valence-corrected chi connectivity index (χ2v) is 9.42. The van der Waals surface area contributed by atoms with Crippen molar-refractivity contribution in [2.45, 2.75) is 78.2 Å². The van der Waals surface area contributed by atoms with Gasteiger partial charge in [-0.05, 0) is 56.6 Å². The quantitative estimate of drug-likeness (QED) is 0.330. The van der Waals surface area contributed by atoms with Crippen LogP contribution in [-0.2, 0) is 33.4 Å². The smallest absolute Gasteiger partial charge is 0.331 e.